The van der Waals surface area contributed by atoms with Gasteiger partial charge in [-0.2, -0.15) is 0 Å². The number of hydrogen-bond acceptors (Lipinski definition) is 4. The maximum atomic E-state index is 12.4. The molecule has 1 aliphatic rings. The summed E-state index contributed by atoms with van der Waals surface area (Å²) in [7, 11) is 0. The Balaban J connectivity index is 1.48. The SMILES string of the molecule is C=CCOc1ccccc1NCC(=O)Nc1ccc(C(=O)NC2CCCCC2)cc1. The largest absolute Gasteiger partial charge is 0.487 e. The average Bonchev–Trinajstić information content (AvgIpc) is 2.78. The van der Waals surface area contributed by atoms with Crippen LogP contribution in [0.15, 0.2) is 61.2 Å². The lowest BCUT2D eigenvalue weighted by Gasteiger charge is -2.22. The number of benzene rings is 2. The molecule has 158 valence electrons. The van der Waals surface area contributed by atoms with Gasteiger partial charge in [0.15, 0.2) is 0 Å². The van der Waals surface area contributed by atoms with Crippen LogP contribution in [0.4, 0.5) is 11.4 Å². The number of ether oxygens (including phenoxy) is 1. The highest BCUT2D eigenvalue weighted by atomic mass is 16.5. The van der Waals surface area contributed by atoms with Gasteiger partial charge in [-0.05, 0) is 49.2 Å². The molecule has 6 heteroatoms. The van der Waals surface area contributed by atoms with Crippen molar-refractivity contribution >= 4 is 23.2 Å². The normalized spacial score (nSPS) is 13.9. The van der Waals surface area contributed by atoms with E-state index in [2.05, 4.69) is 22.5 Å². The number of carbonyl (C=O) groups excluding carboxylic acids is 2. The molecule has 0 aromatic heterocycles. The molecule has 2 amide bonds. The zero-order chi connectivity index (χ0) is 21.2. The smallest absolute Gasteiger partial charge is 0.251 e. The number of anilines is 2. The third kappa shape index (κ3) is 6.37. The van der Waals surface area contributed by atoms with Gasteiger partial charge in [-0.3, -0.25) is 9.59 Å². The summed E-state index contributed by atoms with van der Waals surface area (Å²) in [6, 6.07) is 14.7. The number of nitrogens with one attached hydrogen (secondary N) is 3. The quantitative estimate of drug-likeness (QED) is 0.540. The minimum Gasteiger partial charge on any atom is -0.487 e. The Morgan fingerprint density at radius 2 is 1.77 bits per heavy atom. The summed E-state index contributed by atoms with van der Waals surface area (Å²) in [5.41, 5.74) is 1.99. The van der Waals surface area contributed by atoms with Crippen LogP contribution in [0.2, 0.25) is 0 Å². The summed E-state index contributed by atoms with van der Waals surface area (Å²) in [5, 5.41) is 9.01. The Morgan fingerprint density at radius 1 is 1.03 bits per heavy atom. The van der Waals surface area contributed by atoms with Gasteiger partial charge in [0, 0.05) is 17.3 Å². The third-order valence-corrected chi connectivity index (χ3v) is 5.05. The van der Waals surface area contributed by atoms with E-state index < -0.39 is 0 Å². The maximum absolute atomic E-state index is 12.4. The van der Waals surface area contributed by atoms with Crippen molar-refractivity contribution in [2.24, 2.45) is 0 Å². The van der Waals surface area contributed by atoms with Crippen LogP contribution in [0.25, 0.3) is 0 Å². The lowest BCUT2D eigenvalue weighted by molar-refractivity contribution is -0.114. The van der Waals surface area contributed by atoms with Gasteiger partial charge in [0.1, 0.15) is 12.4 Å². The fraction of sp³-hybridized carbons (Fsp3) is 0.333. The zero-order valence-electron chi connectivity index (χ0n) is 17.2. The second-order valence-electron chi connectivity index (χ2n) is 7.38. The molecule has 0 spiro atoms. The standard InChI is InChI=1S/C24H29N3O3/c1-2-16-30-22-11-7-6-10-21(22)25-17-23(28)26-20-14-12-18(13-15-20)24(29)27-19-8-4-3-5-9-19/h2,6-7,10-15,19,25H,1,3-5,8-9,16-17H2,(H,26,28)(H,27,29). The number of amides is 2. The first-order valence-corrected chi connectivity index (χ1v) is 10.4. The first kappa shape index (κ1) is 21.4. The summed E-state index contributed by atoms with van der Waals surface area (Å²) < 4.78 is 5.58. The van der Waals surface area contributed by atoms with E-state index in [1.165, 1.54) is 19.3 Å². The Bertz CT molecular complexity index is 858. The molecule has 1 aliphatic carbocycles. The monoisotopic (exact) mass is 407 g/mol. The lowest BCUT2D eigenvalue weighted by Crippen LogP contribution is -2.36. The average molecular weight is 408 g/mol. The van der Waals surface area contributed by atoms with Gasteiger partial charge in [-0.15, -0.1) is 0 Å². The summed E-state index contributed by atoms with van der Waals surface area (Å²) >= 11 is 0. The highest BCUT2D eigenvalue weighted by Gasteiger charge is 2.16. The Hall–Kier alpha value is -3.28. The molecule has 0 bridgehead atoms. The van der Waals surface area contributed by atoms with Gasteiger partial charge in [-0.25, -0.2) is 0 Å². The van der Waals surface area contributed by atoms with Crippen molar-refractivity contribution in [3.63, 3.8) is 0 Å². The number of hydrogen-bond donors (Lipinski definition) is 3. The first-order chi connectivity index (χ1) is 14.7. The highest BCUT2D eigenvalue weighted by molar-refractivity contribution is 5.96. The van der Waals surface area contributed by atoms with Crippen LogP contribution in [0.3, 0.4) is 0 Å². The zero-order valence-corrected chi connectivity index (χ0v) is 17.2. The minimum absolute atomic E-state index is 0.0578. The fourth-order valence-electron chi connectivity index (χ4n) is 3.49. The Kier molecular flexibility index (Phi) is 7.89. The van der Waals surface area contributed by atoms with Crippen LogP contribution in [-0.4, -0.2) is 31.0 Å². The van der Waals surface area contributed by atoms with Crippen LogP contribution < -0.4 is 20.7 Å². The minimum atomic E-state index is -0.187. The van der Waals surface area contributed by atoms with Gasteiger partial charge in [0.05, 0.1) is 12.2 Å². The second-order valence-corrected chi connectivity index (χ2v) is 7.38. The molecule has 0 radical (unpaired) electrons. The van der Waals surface area contributed by atoms with Crippen molar-refractivity contribution in [3.05, 3.63) is 66.7 Å². The predicted octanol–water partition coefficient (Wildman–Crippen LogP) is 4.36. The van der Waals surface area contributed by atoms with Gasteiger partial charge < -0.3 is 20.7 Å². The van der Waals surface area contributed by atoms with E-state index in [9.17, 15) is 9.59 Å². The van der Waals surface area contributed by atoms with E-state index >= 15 is 0 Å². The van der Waals surface area contributed by atoms with Crippen molar-refractivity contribution in [2.75, 3.05) is 23.8 Å². The fourth-order valence-corrected chi connectivity index (χ4v) is 3.49. The van der Waals surface area contributed by atoms with Crippen LogP contribution in [-0.2, 0) is 4.79 Å². The topological polar surface area (TPSA) is 79.5 Å². The van der Waals surface area contributed by atoms with Crippen molar-refractivity contribution in [1.29, 1.82) is 0 Å². The van der Waals surface area contributed by atoms with Gasteiger partial charge in [0.2, 0.25) is 5.91 Å². The predicted molar refractivity (Wildman–Crippen MR) is 120 cm³/mol. The van der Waals surface area contributed by atoms with Crippen molar-refractivity contribution in [2.45, 2.75) is 38.1 Å². The van der Waals surface area contributed by atoms with Crippen molar-refractivity contribution < 1.29 is 14.3 Å². The number of rotatable bonds is 9. The maximum Gasteiger partial charge on any atom is 0.251 e. The molecule has 3 N–H and O–H groups in total. The number of carbonyl (C=O) groups is 2. The first-order valence-electron chi connectivity index (χ1n) is 10.4. The molecule has 2 aromatic rings. The third-order valence-electron chi connectivity index (χ3n) is 5.05. The molecule has 0 unspecified atom stereocenters. The van der Waals surface area contributed by atoms with E-state index in [0.29, 0.717) is 23.6 Å². The summed E-state index contributed by atoms with van der Waals surface area (Å²) in [6.07, 6.45) is 7.37. The molecule has 2 aromatic carbocycles. The molecule has 6 nitrogen and oxygen atoms in total. The van der Waals surface area contributed by atoms with Crippen LogP contribution >= 0.6 is 0 Å². The van der Waals surface area contributed by atoms with Gasteiger partial charge in [-0.1, -0.05) is 44.1 Å². The second kappa shape index (κ2) is 11.0. The van der Waals surface area contributed by atoms with Crippen molar-refractivity contribution in [3.8, 4) is 5.75 Å². The van der Waals surface area contributed by atoms with Gasteiger partial charge in [0.25, 0.3) is 5.91 Å². The molecule has 3 rings (SSSR count). The van der Waals surface area contributed by atoms with Crippen LogP contribution in [0, 0.1) is 0 Å². The number of para-hydroxylation sites is 2. The van der Waals surface area contributed by atoms with E-state index in [4.69, 9.17) is 4.74 Å². The molecule has 0 atom stereocenters. The van der Waals surface area contributed by atoms with E-state index in [1.807, 2.05) is 24.3 Å². The summed E-state index contributed by atoms with van der Waals surface area (Å²) in [6.45, 7) is 4.13. The van der Waals surface area contributed by atoms with Gasteiger partial charge >= 0.3 is 0 Å². The van der Waals surface area contributed by atoms with E-state index in [-0.39, 0.29) is 24.4 Å². The summed E-state index contributed by atoms with van der Waals surface area (Å²) in [5.74, 6) is 0.420. The van der Waals surface area contributed by atoms with E-state index in [0.717, 1.165) is 18.5 Å². The molecule has 0 heterocycles. The molecule has 1 fully saturated rings. The molecule has 30 heavy (non-hydrogen) atoms. The van der Waals surface area contributed by atoms with Crippen LogP contribution in [0.1, 0.15) is 42.5 Å². The van der Waals surface area contributed by atoms with Crippen molar-refractivity contribution in [1.82, 2.24) is 5.32 Å². The highest BCUT2D eigenvalue weighted by Crippen LogP contribution is 2.23. The molecule has 1 saturated carbocycles. The molecular weight excluding hydrogens is 378 g/mol. The molecule has 0 saturated heterocycles. The Labute approximate surface area is 177 Å². The van der Waals surface area contributed by atoms with E-state index in [1.54, 1.807) is 30.3 Å². The van der Waals surface area contributed by atoms with Crippen LogP contribution in [0.5, 0.6) is 5.75 Å². The summed E-state index contributed by atoms with van der Waals surface area (Å²) in [4.78, 5) is 24.7. The molecular formula is C24H29N3O3. The lowest BCUT2D eigenvalue weighted by atomic mass is 9.95. The molecule has 0 aliphatic heterocycles. The Morgan fingerprint density at radius 3 is 2.50 bits per heavy atom.